The van der Waals surface area contributed by atoms with E-state index in [-0.39, 0.29) is 12.2 Å². The first-order chi connectivity index (χ1) is 12.4. The molecule has 1 aliphatic rings. The molecule has 2 aromatic rings. The summed E-state index contributed by atoms with van der Waals surface area (Å²) in [5, 5.41) is 1.08. The highest BCUT2D eigenvalue weighted by Crippen LogP contribution is 2.43. The van der Waals surface area contributed by atoms with Gasteiger partial charge in [-0.3, -0.25) is 4.79 Å². The van der Waals surface area contributed by atoms with Crippen LogP contribution in [0.2, 0.25) is 0 Å². The van der Waals surface area contributed by atoms with Gasteiger partial charge in [0.05, 0.1) is 12.8 Å². The van der Waals surface area contributed by atoms with Gasteiger partial charge in [0.25, 0.3) is 0 Å². The van der Waals surface area contributed by atoms with Crippen LogP contribution >= 0.6 is 11.8 Å². The zero-order valence-corrected chi connectivity index (χ0v) is 14.5. The lowest BCUT2D eigenvalue weighted by Crippen LogP contribution is -2.44. The molecule has 8 heteroatoms. The van der Waals surface area contributed by atoms with E-state index in [0.29, 0.717) is 10.6 Å². The van der Waals surface area contributed by atoms with Crippen LogP contribution in [0.15, 0.2) is 58.4 Å². The van der Waals surface area contributed by atoms with Crippen LogP contribution in [-0.4, -0.2) is 30.2 Å². The quantitative estimate of drug-likeness (QED) is 0.868. The van der Waals surface area contributed by atoms with Crippen molar-refractivity contribution >= 4 is 29.1 Å². The maximum Gasteiger partial charge on any atom is 0.431 e. The van der Waals surface area contributed by atoms with E-state index in [4.69, 9.17) is 4.74 Å². The topological polar surface area (TPSA) is 50.7 Å². The number of amides is 1. The van der Waals surface area contributed by atoms with Crippen molar-refractivity contribution in [3.63, 3.8) is 0 Å². The number of nitrogens with one attached hydrogen (secondary N) is 1. The fourth-order valence-corrected chi connectivity index (χ4v) is 3.61. The molecular formula is C18H15F3N2O2S. The van der Waals surface area contributed by atoms with Gasteiger partial charge in [-0.1, -0.05) is 30.3 Å². The van der Waals surface area contributed by atoms with Gasteiger partial charge in [-0.25, -0.2) is 4.99 Å². The zero-order valence-electron chi connectivity index (χ0n) is 13.7. The number of rotatable bonds is 4. The number of hydrogen-bond donors (Lipinski definition) is 1. The minimum absolute atomic E-state index is 0.146. The van der Waals surface area contributed by atoms with Gasteiger partial charge < -0.3 is 10.1 Å². The summed E-state index contributed by atoms with van der Waals surface area (Å²) in [6.07, 6.45) is -4.70. The number of hydrogen-bond acceptors (Lipinski definition) is 4. The number of thioether (sulfide) groups is 1. The number of halogens is 3. The Balaban J connectivity index is 1.85. The fraction of sp³-hybridized carbons (Fsp3) is 0.222. The number of ether oxygens (including phenoxy) is 1. The van der Waals surface area contributed by atoms with Gasteiger partial charge in [-0.2, -0.15) is 13.2 Å². The standard InChI is InChI=1S/C18H15F3N2O2S/c1-25-12-7-8-13-14(9-12)26-15(16(23-13)18(19,20)21)17(24)22-10-11-5-3-2-4-6-11/h2-9,15H,10H2,1H3,(H,22,24). The molecule has 0 aromatic heterocycles. The van der Waals surface area contributed by atoms with Crippen molar-refractivity contribution in [2.45, 2.75) is 22.9 Å². The van der Waals surface area contributed by atoms with Gasteiger partial charge in [-0.15, -0.1) is 11.8 Å². The van der Waals surface area contributed by atoms with Crippen LogP contribution in [0.25, 0.3) is 0 Å². The summed E-state index contributed by atoms with van der Waals surface area (Å²) in [4.78, 5) is 16.6. The van der Waals surface area contributed by atoms with E-state index in [1.165, 1.54) is 19.2 Å². The molecule has 1 heterocycles. The van der Waals surface area contributed by atoms with E-state index >= 15 is 0 Å². The number of carbonyl (C=O) groups is 1. The fourth-order valence-electron chi connectivity index (χ4n) is 2.45. The number of methoxy groups -OCH3 is 1. The summed E-state index contributed by atoms with van der Waals surface area (Å²) in [5.41, 5.74) is -0.129. The van der Waals surface area contributed by atoms with E-state index in [0.717, 1.165) is 17.3 Å². The minimum atomic E-state index is -4.70. The molecule has 1 atom stereocenters. The van der Waals surface area contributed by atoms with E-state index in [1.54, 1.807) is 30.3 Å². The maximum absolute atomic E-state index is 13.4. The summed E-state index contributed by atoms with van der Waals surface area (Å²) >= 11 is 0.822. The summed E-state index contributed by atoms with van der Waals surface area (Å²) in [6, 6.07) is 13.5. The molecule has 0 fully saturated rings. The van der Waals surface area contributed by atoms with Crippen molar-refractivity contribution in [3.8, 4) is 5.75 Å². The second-order valence-corrected chi connectivity index (χ2v) is 6.68. The number of carbonyl (C=O) groups excluding carboxylic acids is 1. The third kappa shape index (κ3) is 4.01. The summed E-state index contributed by atoms with van der Waals surface area (Å²) in [6.45, 7) is 0.146. The molecule has 4 nitrogen and oxygen atoms in total. The molecule has 0 radical (unpaired) electrons. The van der Waals surface area contributed by atoms with E-state index in [9.17, 15) is 18.0 Å². The normalized spacial score (nSPS) is 16.5. The Hall–Kier alpha value is -2.48. The van der Waals surface area contributed by atoms with E-state index in [1.807, 2.05) is 6.07 Å². The van der Waals surface area contributed by atoms with Gasteiger partial charge in [0.2, 0.25) is 5.91 Å². The monoisotopic (exact) mass is 380 g/mol. The summed E-state index contributed by atoms with van der Waals surface area (Å²) in [7, 11) is 1.46. The molecule has 0 bridgehead atoms. The van der Waals surface area contributed by atoms with Gasteiger partial charge in [0.1, 0.15) is 16.7 Å². The molecule has 1 unspecified atom stereocenters. The molecule has 1 amide bonds. The van der Waals surface area contributed by atoms with Gasteiger partial charge in [0, 0.05) is 11.4 Å². The number of fused-ring (bicyclic) bond motifs is 1. The second-order valence-electron chi connectivity index (χ2n) is 5.53. The Morgan fingerprint density at radius 3 is 2.62 bits per heavy atom. The molecule has 2 aromatic carbocycles. The Bertz CT molecular complexity index is 838. The molecule has 0 saturated carbocycles. The Morgan fingerprint density at radius 2 is 1.96 bits per heavy atom. The highest BCUT2D eigenvalue weighted by atomic mass is 32.2. The summed E-state index contributed by atoms with van der Waals surface area (Å²) < 4.78 is 45.3. The first-order valence-corrected chi connectivity index (χ1v) is 8.58. The number of aliphatic imine (C=N–C) groups is 1. The molecule has 136 valence electrons. The molecule has 0 spiro atoms. The maximum atomic E-state index is 13.4. The van der Waals surface area contributed by atoms with Crippen molar-refractivity contribution in [3.05, 3.63) is 54.1 Å². The molecule has 1 N–H and O–H groups in total. The number of nitrogens with zero attached hydrogens (tertiary/aromatic N) is 1. The van der Waals surface area contributed by atoms with Crippen molar-refractivity contribution < 1.29 is 22.7 Å². The third-order valence-corrected chi connectivity index (χ3v) is 4.99. The second kappa shape index (κ2) is 7.41. The number of alkyl halides is 3. The van der Waals surface area contributed by atoms with E-state index in [2.05, 4.69) is 10.3 Å². The smallest absolute Gasteiger partial charge is 0.431 e. The highest BCUT2D eigenvalue weighted by molar-refractivity contribution is 8.01. The summed E-state index contributed by atoms with van der Waals surface area (Å²) in [5.74, 6) is -0.242. The Labute approximate surface area is 152 Å². The Morgan fingerprint density at radius 1 is 1.23 bits per heavy atom. The molecule has 0 saturated heterocycles. The van der Waals surface area contributed by atoms with Crippen LogP contribution in [0.4, 0.5) is 18.9 Å². The molecule has 3 rings (SSSR count). The molecule has 0 aliphatic carbocycles. The minimum Gasteiger partial charge on any atom is -0.497 e. The van der Waals surface area contributed by atoms with Crippen molar-refractivity contribution in [2.24, 2.45) is 4.99 Å². The van der Waals surface area contributed by atoms with Gasteiger partial charge in [0.15, 0.2) is 0 Å². The van der Waals surface area contributed by atoms with Crippen LogP contribution < -0.4 is 10.1 Å². The predicted molar refractivity (Wildman–Crippen MR) is 94.1 cm³/mol. The predicted octanol–water partition coefficient (Wildman–Crippen LogP) is 4.12. The van der Waals surface area contributed by atoms with Gasteiger partial charge >= 0.3 is 6.18 Å². The molecule has 1 aliphatic heterocycles. The third-order valence-electron chi connectivity index (χ3n) is 3.74. The lowest BCUT2D eigenvalue weighted by Gasteiger charge is -2.25. The highest BCUT2D eigenvalue weighted by Gasteiger charge is 2.46. The Kier molecular flexibility index (Phi) is 5.22. The van der Waals surface area contributed by atoms with Crippen LogP contribution in [0.5, 0.6) is 5.75 Å². The van der Waals surface area contributed by atoms with Crippen molar-refractivity contribution in [1.82, 2.24) is 5.32 Å². The SMILES string of the molecule is COc1ccc2c(c1)SC(C(=O)NCc1ccccc1)C(C(F)(F)F)=N2. The lowest BCUT2D eigenvalue weighted by molar-refractivity contribution is -0.120. The van der Waals surface area contributed by atoms with Crippen LogP contribution in [0, 0.1) is 0 Å². The zero-order chi connectivity index (χ0) is 18.7. The first-order valence-electron chi connectivity index (χ1n) is 7.70. The average Bonchev–Trinajstić information content (AvgIpc) is 2.64. The largest absolute Gasteiger partial charge is 0.497 e. The van der Waals surface area contributed by atoms with Crippen molar-refractivity contribution in [2.75, 3.05) is 7.11 Å². The number of benzene rings is 2. The van der Waals surface area contributed by atoms with Crippen LogP contribution in [0.1, 0.15) is 5.56 Å². The first kappa shape index (κ1) is 18.3. The average molecular weight is 380 g/mol. The van der Waals surface area contributed by atoms with Crippen LogP contribution in [0.3, 0.4) is 0 Å². The molecule has 26 heavy (non-hydrogen) atoms. The molecular weight excluding hydrogens is 365 g/mol. The lowest BCUT2D eigenvalue weighted by atomic mass is 10.2. The van der Waals surface area contributed by atoms with E-state index < -0.39 is 23.0 Å². The van der Waals surface area contributed by atoms with Crippen molar-refractivity contribution in [1.29, 1.82) is 0 Å². The van der Waals surface area contributed by atoms with Crippen LogP contribution in [-0.2, 0) is 11.3 Å². The van der Waals surface area contributed by atoms with Gasteiger partial charge in [-0.05, 0) is 23.8 Å².